The number of pyridine rings is 1. The number of carbonyl (C=O) groups excluding carboxylic acids is 1. The van der Waals surface area contributed by atoms with Gasteiger partial charge in [-0.1, -0.05) is 46.8 Å². The van der Waals surface area contributed by atoms with Crippen LogP contribution < -0.4 is 4.90 Å². The fourth-order valence-electron chi connectivity index (χ4n) is 4.05. The van der Waals surface area contributed by atoms with E-state index in [1.165, 1.54) is 0 Å². The third-order valence-corrected chi connectivity index (χ3v) is 6.79. The van der Waals surface area contributed by atoms with Crippen molar-refractivity contribution in [2.45, 2.75) is 0 Å². The van der Waals surface area contributed by atoms with Gasteiger partial charge in [0.1, 0.15) is 15.9 Å². The second-order valence-corrected chi connectivity index (χ2v) is 8.67. The lowest BCUT2D eigenvalue weighted by Crippen LogP contribution is -2.48. The van der Waals surface area contributed by atoms with E-state index in [0.717, 1.165) is 45.0 Å². The number of anilines is 1. The molecule has 1 amide bonds. The average molecular weight is 442 g/mol. The second kappa shape index (κ2) is 7.72. The van der Waals surface area contributed by atoms with E-state index in [4.69, 9.17) is 9.51 Å². The zero-order chi connectivity index (χ0) is 21.5. The molecule has 0 saturated carbocycles. The molecule has 1 aliphatic heterocycles. The zero-order valence-corrected chi connectivity index (χ0v) is 18.0. The molecule has 0 aliphatic carbocycles. The molecule has 158 valence electrons. The molecular weight excluding hydrogens is 422 g/mol. The Bertz CT molecular complexity index is 1390. The fourth-order valence-corrected chi connectivity index (χ4v) is 5.01. The van der Waals surface area contributed by atoms with Crippen molar-refractivity contribution < 1.29 is 9.32 Å². The van der Waals surface area contributed by atoms with Crippen LogP contribution in [0, 0.1) is 0 Å². The lowest BCUT2D eigenvalue weighted by Gasteiger charge is -2.34. The third kappa shape index (κ3) is 3.29. The van der Waals surface area contributed by atoms with Crippen molar-refractivity contribution in [3.63, 3.8) is 0 Å². The molecule has 1 fully saturated rings. The summed E-state index contributed by atoms with van der Waals surface area (Å²) in [6.07, 6.45) is 1.79. The highest BCUT2D eigenvalue weighted by Crippen LogP contribution is 2.30. The van der Waals surface area contributed by atoms with E-state index < -0.39 is 0 Å². The van der Waals surface area contributed by atoms with Crippen molar-refractivity contribution >= 4 is 43.6 Å². The molecule has 0 N–H and O–H groups in total. The van der Waals surface area contributed by atoms with Crippen LogP contribution in [-0.2, 0) is 0 Å². The van der Waals surface area contributed by atoms with Crippen LogP contribution in [0.3, 0.4) is 0 Å². The maximum Gasteiger partial charge on any atom is 0.254 e. The van der Waals surface area contributed by atoms with Crippen molar-refractivity contribution in [2.24, 2.45) is 0 Å². The van der Waals surface area contributed by atoms with Crippen LogP contribution in [0.4, 0.5) is 5.13 Å². The van der Waals surface area contributed by atoms with E-state index in [-0.39, 0.29) is 5.91 Å². The van der Waals surface area contributed by atoms with Crippen molar-refractivity contribution in [3.05, 3.63) is 72.4 Å². The molecule has 1 aliphatic rings. The Morgan fingerprint density at radius 2 is 1.78 bits per heavy atom. The number of piperazine rings is 1. The molecule has 0 bridgehead atoms. The molecule has 0 radical (unpaired) electrons. The first kappa shape index (κ1) is 18.9. The molecule has 0 unspecified atom stereocenters. The van der Waals surface area contributed by atoms with Crippen LogP contribution in [0.2, 0.25) is 0 Å². The molecular formula is C24H19N5O2S. The van der Waals surface area contributed by atoms with E-state index in [2.05, 4.69) is 15.0 Å². The second-order valence-electron chi connectivity index (χ2n) is 7.71. The summed E-state index contributed by atoms with van der Waals surface area (Å²) in [4.78, 5) is 27.4. The van der Waals surface area contributed by atoms with E-state index in [9.17, 15) is 4.79 Å². The van der Waals surface area contributed by atoms with Crippen LogP contribution in [0.1, 0.15) is 10.4 Å². The number of amides is 1. The van der Waals surface area contributed by atoms with E-state index in [1.807, 2.05) is 65.6 Å². The maximum absolute atomic E-state index is 13.2. The van der Waals surface area contributed by atoms with E-state index >= 15 is 0 Å². The number of hydrogen-bond acceptors (Lipinski definition) is 7. The molecule has 6 rings (SSSR count). The predicted octanol–water partition coefficient (Wildman–Crippen LogP) is 4.46. The third-order valence-electron chi connectivity index (χ3n) is 5.75. The standard InChI is InChI=1S/C24H19N5O2S/c30-23(17-8-9-19-18(15-17)21(31-27-19)16-5-2-1-3-6-16)28-11-13-29(14-12-28)24-26-20-7-4-10-25-22(20)32-24/h1-10,15H,11-14H2. The van der Waals surface area contributed by atoms with Crippen molar-refractivity contribution in [1.82, 2.24) is 20.0 Å². The highest BCUT2D eigenvalue weighted by atomic mass is 32.1. The number of nitrogens with zero attached hydrogens (tertiary/aromatic N) is 5. The van der Waals surface area contributed by atoms with Gasteiger partial charge in [0.05, 0.1) is 5.39 Å². The minimum absolute atomic E-state index is 0.0257. The molecule has 1 saturated heterocycles. The van der Waals surface area contributed by atoms with E-state index in [1.54, 1.807) is 17.5 Å². The number of aromatic nitrogens is 3. The van der Waals surface area contributed by atoms with Gasteiger partial charge in [0.15, 0.2) is 10.9 Å². The minimum Gasteiger partial charge on any atom is -0.355 e. The molecule has 5 aromatic rings. The average Bonchev–Trinajstić information content (AvgIpc) is 3.48. The Kier molecular flexibility index (Phi) is 4.57. The quantitative estimate of drug-likeness (QED) is 0.411. The van der Waals surface area contributed by atoms with Crippen LogP contribution in [0.5, 0.6) is 0 Å². The van der Waals surface area contributed by atoms with E-state index in [0.29, 0.717) is 24.4 Å². The Balaban J connectivity index is 1.21. The Morgan fingerprint density at radius 1 is 0.938 bits per heavy atom. The van der Waals surface area contributed by atoms with Crippen molar-refractivity contribution in [2.75, 3.05) is 31.1 Å². The smallest absolute Gasteiger partial charge is 0.254 e. The van der Waals surface area contributed by atoms with Crippen LogP contribution in [-0.4, -0.2) is 52.1 Å². The zero-order valence-electron chi connectivity index (χ0n) is 17.1. The van der Waals surface area contributed by atoms with Gasteiger partial charge in [-0.3, -0.25) is 4.79 Å². The summed E-state index contributed by atoms with van der Waals surface area (Å²) >= 11 is 1.59. The van der Waals surface area contributed by atoms with Gasteiger partial charge in [-0.05, 0) is 30.3 Å². The Morgan fingerprint density at radius 3 is 2.59 bits per heavy atom. The first-order valence-electron chi connectivity index (χ1n) is 10.5. The molecule has 7 nitrogen and oxygen atoms in total. The molecule has 3 aromatic heterocycles. The number of fused-ring (bicyclic) bond motifs is 2. The summed E-state index contributed by atoms with van der Waals surface area (Å²) in [7, 11) is 0. The predicted molar refractivity (Wildman–Crippen MR) is 125 cm³/mol. The normalized spacial score (nSPS) is 14.4. The van der Waals surface area contributed by atoms with Gasteiger partial charge in [-0.2, -0.15) is 0 Å². The Hall–Kier alpha value is -3.78. The summed E-state index contributed by atoms with van der Waals surface area (Å²) < 4.78 is 5.58. The van der Waals surface area contributed by atoms with Gasteiger partial charge in [0, 0.05) is 43.5 Å². The fraction of sp³-hybridized carbons (Fsp3) is 0.167. The molecule has 2 aromatic carbocycles. The summed E-state index contributed by atoms with van der Waals surface area (Å²) in [5.41, 5.74) is 3.26. The first-order chi connectivity index (χ1) is 15.8. The van der Waals surface area contributed by atoms with Gasteiger partial charge in [-0.25, -0.2) is 9.97 Å². The topological polar surface area (TPSA) is 75.4 Å². The van der Waals surface area contributed by atoms with Crippen molar-refractivity contribution in [3.8, 4) is 11.3 Å². The Labute approximate surface area is 187 Å². The highest BCUT2D eigenvalue weighted by Gasteiger charge is 2.25. The molecule has 32 heavy (non-hydrogen) atoms. The molecule has 8 heteroatoms. The summed E-state index contributed by atoms with van der Waals surface area (Å²) in [5, 5.41) is 5.96. The largest absolute Gasteiger partial charge is 0.355 e. The SMILES string of the molecule is O=C(c1ccc2noc(-c3ccccc3)c2c1)N1CCN(c2nc3cccnc3s2)CC1. The van der Waals surface area contributed by atoms with Crippen LogP contribution >= 0.6 is 11.3 Å². The lowest BCUT2D eigenvalue weighted by atomic mass is 10.1. The minimum atomic E-state index is 0.0257. The number of rotatable bonds is 3. The summed E-state index contributed by atoms with van der Waals surface area (Å²) in [6.45, 7) is 2.79. The number of benzene rings is 2. The van der Waals surface area contributed by atoms with Crippen molar-refractivity contribution in [1.29, 1.82) is 0 Å². The molecule has 0 spiro atoms. The van der Waals surface area contributed by atoms with Gasteiger partial charge in [-0.15, -0.1) is 0 Å². The molecule has 4 heterocycles. The van der Waals surface area contributed by atoms with Gasteiger partial charge in [0.2, 0.25) is 0 Å². The van der Waals surface area contributed by atoms with Crippen LogP contribution in [0.15, 0.2) is 71.4 Å². The van der Waals surface area contributed by atoms with Gasteiger partial charge in [0.25, 0.3) is 5.91 Å². The lowest BCUT2D eigenvalue weighted by molar-refractivity contribution is 0.0747. The number of thiazole rings is 1. The molecule has 0 atom stereocenters. The maximum atomic E-state index is 13.2. The highest BCUT2D eigenvalue weighted by molar-refractivity contribution is 7.21. The first-order valence-corrected chi connectivity index (χ1v) is 11.3. The monoisotopic (exact) mass is 441 g/mol. The summed E-state index contributed by atoms with van der Waals surface area (Å²) in [5.74, 6) is 0.710. The van der Waals surface area contributed by atoms with Gasteiger partial charge >= 0.3 is 0 Å². The van der Waals surface area contributed by atoms with Gasteiger partial charge < -0.3 is 14.3 Å². The van der Waals surface area contributed by atoms with Crippen LogP contribution in [0.25, 0.3) is 32.6 Å². The number of hydrogen-bond donors (Lipinski definition) is 0. The number of carbonyl (C=O) groups is 1. The summed E-state index contributed by atoms with van der Waals surface area (Å²) in [6, 6.07) is 19.3.